The van der Waals surface area contributed by atoms with Gasteiger partial charge in [-0.3, -0.25) is 4.79 Å². The van der Waals surface area contributed by atoms with E-state index in [1.54, 1.807) is 12.1 Å². The Morgan fingerprint density at radius 3 is 2.78 bits per heavy atom. The summed E-state index contributed by atoms with van der Waals surface area (Å²) in [5.41, 5.74) is 2.26. The first-order valence-corrected chi connectivity index (χ1v) is 8.34. The molecule has 4 nitrogen and oxygen atoms in total. The largest absolute Gasteiger partial charge is 0.462 e. The maximum Gasteiger partial charge on any atom is 0.338 e. The molecular formula is C18H17NO3S. The molecule has 1 amide bonds. The van der Waals surface area contributed by atoms with Gasteiger partial charge in [-0.1, -0.05) is 30.3 Å². The highest BCUT2D eigenvalue weighted by molar-refractivity contribution is 8.00. The van der Waals surface area contributed by atoms with Crippen LogP contribution in [0.15, 0.2) is 53.4 Å². The highest BCUT2D eigenvalue weighted by atomic mass is 32.2. The van der Waals surface area contributed by atoms with E-state index in [0.717, 1.165) is 10.5 Å². The van der Waals surface area contributed by atoms with Gasteiger partial charge in [-0.2, -0.15) is 0 Å². The number of nitrogens with one attached hydrogen (secondary N) is 1. The standard InChI is InChI=1S/C18H17NO3S/c1-12-17(20)19-15-11-14(7-8-16(15)23-12)18(21)22-10-9-13-5-3-2-4-6-13/h2-8,11-12H,9-10H2,1H3,(H,19,20). The van der Waals surface area contributed by atoms with Gasteiger partial charge in [-0.25, -0.2) is 4.79 Å². The van der Waals surface area contributed by atoms with Crippen molar-refractivity contribution >= 4 is 29.3 Å². The number of carbonyl (C=O) groups excluding carboxylic acids is 2. The van der Waals surface area contributed by atoms with E-state index in [1.807, 2.05) is 43.3 Å². The Balaban J connectivity index is 1.62. The predicted octanol–water partition coefficient (Wildman–Crippen LogP) is 3.52. The minimum absolute atomic E-state index is 0.0444. The van der Waals surface area contributed by atoms with Gasteiger partial charge in [0.2, 0.25) is 5.91 Å². The third-order valence-corrected chi connectivity index (χ3v) is 4.79. The molecule has 5 heteroatoms. The van der Waals surface area contributed by atoms with E-state index >= 15 is 0 Å². The van der Waals surface area contributed by atoms with E-state index in [-0.39, 0.29) is 17.1 Å². The molecule has 0 fully saturated rings. The monoisotopic (exact) mass is 327 g/mol. The van der Waals surface area contributed by atoms with Gasteiger partial charge < -0.3 is 10.1 Å². The topological polar surface area (TPSA) is 55.4 Å². The zero-order valence-corrected chi connectivity index (χ0v) is 13.6. The Hall–Kier alpha value is -2.27. The highest BCUT2D eigenvalue weighted by Gasteiger charge is 2.23. The van der Waals surface area contributed by atoms with Crippen LogP contribution in [0, 0.1) is 0 Å². The molecule has 0 aromatic heterocycles. The van der Waals surface area contributed by atoms with Crippen LogP contribution in [0.25, 0.3) is 0 Å². The molecule has 0 spiro atoms. The first-order valence-electron chi connectivity index (χ1n) is 7.46. The van der Waals surface area contributed by atoms with E-state index in [2.05, 4.69) is 5.32 Å². The van der Waals surface area contributed by atoms with Gasteiger partial charge in [0.25, 0.3) is 0 Å². The van der Waals surface area contributed by atoms with Crippen molar-refractivity contribution in [2.45, 2.75) is 23.5 Å². The second kappa shape index (κ2) is 6.87. The Kier molecular flexibility index (Phi) is 4.67. The number of hydrogen-bond acceptors (Lipinski definition) is 4. The summed E-state index contributed by atoms with van der Waals surface area (Å²) in [6.45, 7) is 2.19. The molecule has 118 valence electrons. The van der Waals surface area contributed by atoms with Crippen LogP contribution in [0.2, 0.25) is 0 Å². The van der Waals surface area contributed by atoms with Crippen molar-refractivity contribution in [1.82, 2.24) is 0 Å². The third kappa shape index (κ3) is 3.74. The van der Waals surface area contributed by atoms with Crippen LogP contribution in [0.3, 0.4) is 0 Å². The Labute approximate surface area is 139 Å². The number of ether oxygens (including phenoxy) is 1. The highest BCUT2D eigenvalue weighted by Crippen LogP contribution is 2.35. The molecule has 3 rings (SSSR count). The van der Waals surface area contributed by atoms with E-state index in [9.17, 15) is 9.59 Å². The van der Waals surface area contributed by atoms with E-state index in [4.69, 9.17) is 4.74 Å². The molecule has 0 radical (unpaired) electrons. The predicted molar refractivity (Wildman–Crippen MR) is 90.8 cm³/mol. The molecule has 2 aromatic carbocycles. The lowest BCUT2D eigenvalue weighted by atomic mass is 10.1. The number of benzene rings is 2. The lowest BCUT2D eigenvalue weighted by Gasteiger charge is -2.21. The van der Waals surface area contributed by atoms with Crippen LogP contribution >= 0.6 is 11.8 Å². The lowest BCUT2D eigenvalue weighted by molar-refractivity contribution is -0.115. The van der Waals surface area contributed by atoms with Gasteiger partial charge >= 0.3 is 5.97 Å². The molecule has 1 N–H and O–H groups in total. The fraction of sp³-hybridized carbons (Fsp3) is 0.222. The van der Waals surface area contributed by atoms with E-state index in [0.29, 0.717) is 24.3 Å². The van der Waals surface area contributed by atoms with E-state index in [1.165, 1.54) is 11.8 Å². The third-order valence-electron chi connectivity index (χ3n) is 3.61. The molecule has 1 aliphatic heterocycles. The number of hydrogen-bond donors (Lipinski definition) is 1. The van der Waals surface area contributed by atoms with Gasteiger partial charge in [0, 0.05) is 11.3 Å². The number of fused-ring (bicyclic) bond motifs is 1. The minimum atomic E-state index is -0.374. The summed E-state index contributed by atoms with van der Waals surface area (Å²) in [5, 5.41) is 2.70. The number of amides is 1. The van der Waals surface area contributed by atoms with Crippen molar-refractivity contribution in [2.24, 2.45) is 0 Å². The van der Waals surface area contributed by atoms with Crippen molar-refractivity contribution < 1.29 is 14.3 Å². The molecule has 0 aliphatic carbocycles. The molecule has 1 atom stereocenters. The fourth-order valence-corrected chi connectivity index (χ4v) is 3.26. The Bertz CT molecular complexity index is 730. The molecule has 1 heterocycles. The number of thioether (sulfide) groups is 1. The Morgan fingerprint density at radius 2 is 2.00 bits per heavy atom. The summed E-state index contributed by atoms with van der Waals surface area (Å²) in [7, 11) is 0. The smallest absolute Gasteiger partial charge is 0.338 e. The summed E-state index contributed by atoms with van der Waals surface area (Å²) in [6, 6.07) is 15.1. The number of rotatable bonds is 4. The average molecular weight is 327 g/mol. The molecule has 0 bridgehead atoms. The van der Waals surface area contributed by atoms with Crippen LogP contribution in [0.1, 0.15) is 22.8 Å². The second-order valence-electron chi connectivity index (χ2n) is 5.33. The summed E-state index contributed by atoms with van der Waals surface area (Å²) in [6.07, 6.45) is 0.682. The first kappa shape index (κ1) is 15.6. The molecule has 0 saturated carbocycles. The zero-order valence-electron chi connectivity index (χ0n) is 12.7. The number of anilines is 1. The molecule has 1 unspecified atom stereocenters. The van der Waals surface area contributed by atoms with Gasteiger partial charge in [-0.05, 0) is 30.7 Å². The van der Waals surface area contributed by atoms with Crippen LogP contribution in [-0.2, 0) is 16.0 Å². The van der Waals surface area contributed by atoms with Gasteiger partial charge in [0.1, 0.15) is 0 Å². The first-order chi connectivity index (χ1) is 11.1. The van der Waals surface area contributed by atoms with Crippen LogP contribution < -0.4 is 5.32 Å². The van der Waals surface area contributed by atoms with Crippen molar-refractivity contribution in [3.05, 3.63) is 59.7 Å². The molecule has 1 aliphatic rings. The zero-order chi connectivity index (χ0) is 16.2. The lowest BCUT2D eigenvalue weighted by Crippen LogP contribution is -2.26. The fourth-order valence-electron chi connectivity index (χ4n) is 2.33. The molecular weight excluding hydrogens is 310 g/mol. The SMILES string of the molecule is CC1Sc2ccc(C(=O)OCCc3ccccc3)cc2NC1=O. The number of carbonyl (C=O) groups is 2. The normalized spacial score (nSPS) is 16.4. The van der Waals surface area contributed by atoms with Gasteiger partial charge in [0.15, 0.2) is 0 Å². The summed E-state index contributed by atoms with van der Waals surface area (Å²) >= 11 is 1.49. The minimum Gasteiger partial charge on any atom is -0.462 e. The van der Waals surface area contributed by atoms with Crippen molar-refractivity contribution in [1.29, 1.82) is 0 Å². The van der Waals surface area contributed by atoms with Crippen molar-refractivity contribution in [3.63, 3.8) is 0 Å². The summed E-state index contributed by atoms with van der Waals surface area (Å²) in [4.78, 5) is 24.8. The van der Waals surface area contributed by atoms with Crippen LogP contribution in [-0.4, -0.2) is 23.7 Å². The van der Waals surface area contributed by atoms with Crippen LogP contribution in [0.4, 0.5) is 5.69 Å². The summed E-state index contributed by atoms with van der Waals surface area (Å²) in [5.74, 6) is -0.418. The van der Waals surface area contributed by atoms with Crippen molar-refractivity contribution in [2.75, 3.05) is 11.9 Å². The quantitative estimate of drug-likeness (QED) is 0.873. The molecule has 0 saturated heterocycles. The van der Waals surface area contributed by atoms with Crippen molar-refractivity contribution in [3.8, 4) is 0 Å². The molecule has 2 aromatic rings. The van der Waals surface area contributed by atoms with Gasteiger partial charge in [-0.15, -0.1) is 11.8 Å². The molecule has 23 heavy (non-hydrogen) atoms. The average Bonchev–Trinajstić information content (AvgIpc) is 2.56. The maximum atomic E-state index is 12.1. The van der Waals surface area contributed by atoms with Crippen LogP contribution in [0.5, 0.6) is 0 Å². The number of esters is 1. The Morgan fingerprint density at radius 1 is 1.22 bits per heavy atom. The second-order valence-corrected chi connectivity index (χ2v) is 6.71. The van der Waals surface area contributed by atoms with E-state index < -0.39 is 0 Å². The summed E-state index contributed by atoms with van der Waals surface area (Å²) < 4.78 is 5.31. The van der Waals surface area contributed by atoms with Gasteiger partial charge in [0.05, 0.1) is 23.1 Å². The maximum absolute atomic E-state index is 12.1.